The van der Waals surface area contributed by atoms with Crippen molar-refractivity contribution in [2.24, 2.45) is 0 Å². The first-order valence-corrected chi connectivity index (χ1v) is 31.7. The molecular formula is C74H72BBrN10O6. The minimum Gasteiger partial charge on any atom is -0.444 e. The summed E-state index contributed by atoms with van der Waals surface area (Å²) in [6.45, 7) is 11.3. The molecule has 18 heteroatoms. The molecule has 4 aliphatic rings. The normalized spacial score (nSPS) is 14.4. The van der Waals surface area contributed by atoms with Gasteiger partial charge >= 0.3 is 19.3 Å². The number of hydrogen-bond donors (Lipinski definition) is 6. The number of rotatable bonds is 10. The number of anilines is 4. The van der Waals surface area contributed by atoms with Gasteiger partial charge in [0.15, 0.2) is 11.6 Å². The first kappa shape index (κ1) is 62.3. The number of carbonyl (C=O) groups excluding carboxylic acids is 2. The highest BCUT2D eigenvalue weighted by Gasteiger charge is 2.43. The number of nitrogens with one attached hydrogen (secondary N) is 4. The maximum atomic E-state index is 12.8. The van der Waals surface area contributed by atoms with Gasteiger partial charge in [-0.2, -0.15) is 0 Å². The Morgan fingerprint density at radius 2 is 0.957 bits per heavy atom. The summed E-state index contributed by atoms with van der Waals surface area (Å²) in [5.41, 5.74) is 12.8. The number of amides is 2. The van der Waals surface area contributed by atoms with E-state index >= 15 is 0 Å². The number of carbonyl (C=O) groups is 2. The lowest BCUT2D eigenvalue weighted by Gasteiger charge is -2.43. The van der Waals surface area contributed by atoms with Crippen molar-refractivity contribution in [2.75, 3.05) is 10.6 Å². The summed E-state index contributed by atoms with van der Waals surface area (Å²) in [6, 6.07) is 61.0. The molecular weight excluding hydrogens is 1220 g/mol. The van der Waals surface area contributed by atoms with Gasteiger partial charge in [-0.05, 0) is 173 Å². The quantitative estimate of drug-likeness (QED) is 0.0709. The lowest BCUT2D eigenvalue weighted by atomic mass is 9.71. The number of alkyl carbamates (subject to hydrolysis) is 2. The van der Waals surface area contributed by atoms with Crippen molar-refractivity contribution in [3.05, 3.63) is 233 Å². The lowest BCUT2D eigenvalue weighted by molar-refractivity contribution is 0.0365. The molecule has 0 atom stereocenters. The Hall–Kier alpha value is -9.88. The van der Waals surface area contributed by atoms with Crippen molar-refractivity contribution in [2.45, 2.75) is 102 Å². The second-order valence-electron chi connectivity index (χ2n) is 25.2. The van der Waals surface area contributed by atoms with Crippen LogP contribution in [-0.4, -0.2) is 69.6 Å². The molecule has 2 saturated carbocycles. The molecule has 6 aromatic carbocycles. The number of pyridine rings is 2. The summed E-state index contributed by atoms with van der Waals surface area (Å²) in [6.07, 6.45) is 14.3. The second kappa shape index (κ2) is 26.2. The van der Waals surface area contributed by atoms with E-state index in [1.807, 2.05) is 139 Å². The van der Waals surface area contributed by atoms with Gasteiger partial charge in [0.25, 0.3) is 0 Å². The van der Waals surface area contributed by atoms with Crippen LogP contribution < -0.4 is 21.3 Å². The average molecular weight is 1290 g/mol. The third-order valence-electron chi connectivity index (χ3n) is 16.4. The van der Waals surface area contributed by atoms with E-state index in [9.17, 15) is 9.59 Å². The zero-order chi connectivity index (χ0) is 64.2. The van der Waals surface area contributed by atoms with E-state index in [2.05, 4.69) is 148 Å². The number of fused-ring (bicyclic) bond motifs is 10. The van der Waals surface area contributed by atoms with Crippen molar-refractivity contribution >= 4 is 76.5 Å². The van der Waals surface area contributed by atoms with E-state index in [0.717, 1.165) is 151 Å². The minimum absolute atomic E-state index is 0.379. The summed E-state index contributed by atoms with van der Waals surface area (Å²) < 4.78 is 16.3. The van der Waals surface area contributed by atoms with Crippen LogP contribution in [0.3, 0.4) is 0 Å². The third-order valence-corrected chi connectivity index (χ3v) is 17.0. The highest BCUT2D eigenvalue weighted by molar-refractivity contribution is 9.10. The molecule has 16 nitrogen and oxygen atoms in total. The van der Waals surface area contributed by atoms with Gasteiger partial charge in [0.1, 0.15) is 27.5 Å². The molecule has 464 valence electrons. The second-order valence-corrected chi connectivity index (χ2v) is 26.0. The zero-order valence-corrected chi connectivity index (χ0v) is 53.8. The zero-order valence-electron chi connectivity index (χ0n) is 52.2. The minimum atomic E-state index is -1.37. The van der Waals surface area contributed by atoms with Gasteiger partial charge in [0.2, 0.25) is 0 Å². The van der Waals surface area contributed by atoms with Crippen LogP contribution in [0.1, 0.15) is 108 Å². The van der Waals surface area contributed by atoms with Crippen molar-refractivity contribution in [1.82, 2.24) is 39.7 Å². The van der Waals surface area contributed by atoms with Crippen molar-refractivity contribution in [1.29, 1.82) is 0 Å². The number of hydrogen-bond acceptors (Lipinski definition) is 12. The number of imidazole rings is 2. The van der Waals surface area contributed by atoms with E-state index in [0.29, 0.717) is 0 Å². The molecule has 0 bridgehead atoms. The van der Waals surface area contributed by atoms with Gasteiger partial charge in [-0.3, -0.25) is 9.13 Å². The van der Waals surface area contributed by atoms with Crippen LogP contribution in [0.2, 0.25) is 0 Å². The fourth-order valence-electron chi connectivity index (χ4n) is 11.9. The maximum Gasteiger partial charge on any atom is 0.480 e. The Labute approximate surface area is 544 Å². The van der Waals surface area contributed by atoms with Gasteiger partial charge < -0.3 is 40.8 Å². The highest BCUT2D eigenvalue weighted by atomic mass is 79.9. The Morgan fingerprint density at radius 3 is 1.40 bits per heavy atom. The standard InChI is InChI=1S/C37H35N5O2.C29H28BrN5O2.C8H9BO2/c1-36(2,3)44-35(43)41-37(22-10-23-37)27-19-17-26(18-20-27)32-30(21-16-25-11-5-4-6-12-25)40-34-28-13-7-8-14-29(28)39-33-31(42(32)34)15-9-24-38-33;1-28(2,3)37-27(36)34-29(15-7-16-29)19-13-11-18(12-14-19)23-24(30)33-26-20-8-4-5-9-21(20)32-25-22(35(23)26)10-6-17-31-25;10-9(11)7-6-8-4-2-1-3-5-8/h4-9,11-21,24H,10,22-23H2,1-3H3,(H,38,39)(H,41,43);4-6,8-14,17H,7,15-16H2,1-3H3,(H,31,32)(H,34,36);1-7,10-11H/b21-16+;;7-6+. The lowest BCUT2D eigenvalue weighted by Crippen LogP contribution is -2.52. The van der Waals surface area contributed by atoms with Gasteiger partial charge in [0.05, 0.1) is 50.9 Å². The van der Waals surface area contributed by atoms with Gasteiger partial charge in [-0.15, -0.1) is 0 Å². The van der Waals surface area contributed by atoms with Crippen LogP contribution in [0.25, 0.3) is 74.9 Å². The molecule has 10 aromatic rings. The molecule has 6 heterocycles. The summed E-state index contributed by atoms with van der Waals surface area (Å²) in [7, 11) is -1.37. The number of ether oxygens (including phenoxy) is 2. The van der Waals surface area contributed by atoms with Gasteiger partial charge in [0, 0.05) is 34.6 Å². The van der Waals surface area contributed by atoms with Crippen LogP contribution in [0, 0.1) is 0 Å². The van der Waals surface area contributed by atoms with Crippen LogP contribution in [0.15, 0.2) is 205 Å². The first-order chi connectivity index (χ1) is 44.3. The maximum absolute atomic E-state index is 12.8. The fraction of sp³-hybridized carbons (Fsp3) is 0.216. The van der Waals surface area contributed by atoms with Crippen LogP contribution in [0.5, 0.6) is 0 Å². The predicted molar refractivity (Wildman–Crippen MR) is 370 cm³/mol. The molecule has 0 unspecified atom stereocenters. The SMILES string of the molecule is CC(C)(C)OC(=O)NC1(c2ccc(-c3c(/C=C/c4ccccc4)nc4n3-c3cccnc3Nc3ccccc3-4)cc2)CCC1.CC(C)(C)OC(=O)NC1(c2ccc(-c3c(Br)nc4n3-c3cccnc3Nc3ccccc3-4)cc2)CCC1.OB(O)/C=C/c1ccccc1. The molecule has 4 aromatic heterocycles. The van der Waals surface area contributed by atoms with Crippen LogP contribution in [0.4, 0.5) is 32.6 Å². The third kappa shape index (κ3) is 13.6. The molecule has 6 N–H and O–H groups in total. The number of aromatic nitrogens is 6. The van der Waals surface area contributed by atoms with Crippen molar-refractivity contribution < 1.29 is 29.1 Å². The first-order valence-electron chi connectivity index (χ1n) is 30.9. The molecule has 2 aliphatic heterocycles. The van der Waals surface area contributed by atoms with Crippen molar-refractivity contribution in [3.63, 3.8) is 0 Å². The summed E-state index contributed by atoms with van der Waals surface area (Å²) in [5, 5.41) is 30.3. The molecule has 2 fully saturated rings. The Morgan fingerprint density at radius 1 is 0.533 bits per heavy atom. The van der Waals surface area contributed by atoms with E-state index in [1.165, 1.54) is 5.98 Å². The largest absolute Gasteiger partial charge is 0.480 e. The molecule has 2 aliphatic carbocycles. The Kier molecular flexibility index (Phi) is 17.7. The van der Waals surface area contributed by atoms with Crippen molar-refractivity contribution in [3.8, 4) is 56.7 Å². The van der Waals surface area contributed by atoms with Crippen LogP contribution >= 0.6 is 15.9 Å². The average Bonchev–Trinajstić information content (AvgIpc) is 1.59. The molecule has 0 saturated heterocycles. The fourth-order valence-corrected chi connectivity index (χ4v) is 12.5. The smallest absolute Gasteiger partial charge is 0.444 e. The highest BCUT2D eigenvalue weighted by Crippen LogP contribution is 2.48. The Balaban J connectivity index is 0.000000154. The Bertz CT molecular complexity index is 4360. The molecule has 14 rings (SSSR count). The van der Waals surface area contributed by atoms with E-state index in [-0.39, 0.29) is 12.2 Å². The molecule has 0 radical (unpaired) electrons. The summed E-state index contributed by atoms with van der Waals surface area (Å²) in [4.78, 5) is 44.9. The van der Waals surface area contributed by atoms with E-state index in [4.69, 9.17) is 34.5 Å². The van der Waals surface area contributed by atoms with Gasteiger partial charge in [-0.1, -0.05) is 152 Å². The number of nitrogens with zero attached hydrogens (tertiary/aromatic N) is 6. The number of halogens is 1. The summed E-state index contributed by atoms with van der Waals surface area (Å²) in [5.74, 6) is 4.53. The molecule has 92 heavy (non-hydrogen) atoms. The summed E-state index contributed by atoms with van der Waals surface area (Å²) >= 11 is 3.74. The van der Waals surface area contributed by atoms with Gasteiger partial charge in [-0.25, -0.2) is 29.5 Å². The number of para-hydroxylation sites is 2. The molecule has 2 amide bonds. The predicted octanol–water partition coefficient (Wildman–Crippen LogP) is 16.8. The van der Waals surface area contributed by atoms with E-state index in [1.54, 1.807) is 18.5 Å². The van der Waals surface area contributed by atoms with Crippen LogP contribution in [-0.2, 0) is 20.6 Å². The number of benzene rings is 6. The molecule has 0 spiro atoms. The monoisotopic (exact) mass is 1290 g/mol. The topological polar surface area (TPSA) is 203 Å². The van der Waals surface area contributed by atoms with E-state index < -0.39 is 29.4 Å².